The van der Waals surface area contributed by atoms with Gasteiger partial charge in [-0.05, 0) is 101 Å². The van der Waals surface area contributed by atoms with Crippen LogP contribution in [0.4, 0.5) is 0 Å². The first-order valence-corrected chi connectivity index (χ1v) is 20.3. The van der Waals surface area contributed by atoms with Gasteiger partial charge in [-0.15, -0.1) is 0 Å². The molecule has 5 heteroatoms. The minimum absolute atomic E-state index is 0.00777. The number of aryl methyl sites for hydroxylation is 1. The largest absolute Gasteiger partial charge is 0.457 e. The van der Waals surface area contributed by atoms with Crippen LogP contribution in [0.5, 0.6) is 11.5 Å². The molecule has 2 unspecified atom stereocenters. The van der Waals surface area contributed by atoms with Crippen molar-refractivity contribution in [2.24, 2.45) is 11.3 Å². The van der Waals surface area contributed by atoms with E-state index in [1.54, 1.807) is 0 Å². The number of aromatic nitrogens is 4. The monoisotopic (exact) mass is 730 g/mol. The second-order valence-electron chi connectivity index (χ2n) is 17.5. The average molecular weight is 731 g/mol. The highest BCUT2D eigenvalue weighted by molar-refractivity contribution is 6.09. The average Bonchev–Trinajstić information content (AvgIpc) is 3.68. The first kappa shape index (κ1) is 38.1. The quantitative estimate of drug-likeness (QED) is 0.133. The standard InChI is InChI=1S/C50H58N4O/c1-11-17-43-48(35-19-14-13-15-20-35)45(18-12-2)54(52-43)38-21-16-22-39(31-38)55-40-24-25-41-42-29-36(33(3)34(4)49(5,6)7)23-26-44(42)53(46(41)32-40)47-30-37(27-28-51-47)50(8,9)10/h13-16,19-34H,11-12,17-18H2,1-10H3. The predicted molar refractivity (Wildman–Crippen MR) is 231 cm³/mol. The number of benzene rings is 4. The van der Waals surface area contributed by atoms with Crippen molar-refractivity contribution < 1.29 is 4.74 Å². The van der Waals surface area contributed by atoms with Crippen LogP contribution in [0.15, 0.2) is 109 Å². The van der Waals surface area contributed by atoms with Gasteiger partial charge in [-0.25, -0.2) is 9.67 Å². The van der Waals surface area contributed by atoms with Gasteiger partial charge in [0.25, 0.3) is 0 Å². The van der Waals surface area contributed by atoms with Gasteiger partial charge in [-0.1, -0.05) is 125 Å². The summed E-state index contributed by atoms with van der Waals surface area (Å²) < 4.78 is 11.2. The molecule has 0 saturated heterocycles. The summed E-state index contributed by atoms with van der Waals surface area (Å²) in [6.07, 6.45) is 5.88. The highest BCUT2D eigenvalue weighted by Gasteiger charge is 2.27. The Bertz CT molecular complexity index is 2440. The van der Waals surface area contributed by atoms with Crippen LogP contribution >= 0.6 is 0 Å². The summed E-state index contributed by atoms with van der Waals surface area (Å²) in [5.41, 5.74) is 10.9. The summed E-state index contributed by atoms with van der Waals surface area (Å²) in [5, 5.41) is 7.66. The zero-order valence-corrected chi connectivity index (χ0v) is 34.6. The number of pyridine rings is 1. The molecule has 0 saturated carbocycles. The molecule has 0 N–H and O–H groups in total. The summed E-state index contributed by atoms with van der Waals surface area (Å²) >= 11 is 0. The van der Waals surface area contributed by atoms with Crippen LogP contribution in [0.2, 0.25) is 0 Å². The molecule has 7 aromatic rings. The zero-order chi connectivity index (χ0) is 39.1. The van der Waals surface area contributed by atoms with Crippen molar-refractivity contribution in [3.05, 3.63) is 132 Å². The van der Waals surface area contributed by atoms with E-state index in [-0.39, 0.29) is 10.8 Å². The Labute approximate surface area is 328 Å². The van der Waals surface area contributed by atoms with E-state index in [0.29, 0.717) is 11.8 Å². The molecule has 0 aliphatic carbocycles. The van der Waals surface area contributed by atoms with Crippen molar-refractivity contribution in [2.45, 2.75) is 106 Å². The van der Waals surface area contributed by atoms with Crippen LogP contribution < -0.4 is 4.74 Å². The number of hydrogen-bond acceptors (Lipinski definition) is 3. The summed E-state index contributed by atoms with van der Waals surface area (Å²) in [6.45, 7) is 23.0. The van der Waals surface area contributed by atoms with E-state index in [2.05, 4.69) is 176 Å². The van der Waals surface area contributed by atoms with Crippen molar-refractivity contribution in [3.8, 4) is 34.1 Å². The molecule has 7 rings (SSSR count). The molecular formula is C50H58N4O. The van der Waals surface area contributed by atoms with Gasteiger partial charge in [-0.2, -0.15) is 5.10 Å². The molecule has 0 fully saturated rings. The SMILES string of the molecule is CCCc1nn(-c2cccc(Oc3ccc4c5cc(C(C)C(C)C(C)(C)C)ccc5n(-c5cc(C(C)(C)C)ccn5)c4c3)c2)c(CCC)c1-c1ccccc1. The topological polar surface area (TPSA) is 44.9 Å². The summed E-state index contributed by atoms with van der Waals surface area (Å²) in [6, 6.07) is 37.0. The fourth-order valence-corrected chi connectivity index (χ4v) is 8.01. The minimum Gasteiger partial charge on any atom is -0.457 e. The summed E-state index contributed by atoms with van der Waals surface area (Å²) in [5.74, 6) is 3.39. The molecule has 0 radical (unpaired) electrons. The van der Waals surface area contributed by atoms with Gasteiger partial charge in [0.15, 0.2) is 0 Å². The molecule has 2 atom stereocenters. The fraction of sp³-hybridized carbons (Fsp3) is 0.360. The Morgan fingerprint density at radius 3 is 2.15 bits per heavy atom. The van der Waals surface area contributed by atoms with Gasteiger partial charge < -0.3 is 4.74 Å². The lowest BCUT2D eigenvalue weighted by Gasteiger charge is -2.32. The van der Waals surface area contributed by atoms with E-state index >= 15 is 0 Å². The van der Waals surface area contributed by atoms with E-state index in [4.69, 9.17) is 14.8 Å². The fourth-order valence-electron chi connectivity index (χ4n) is 8.01. The Morgan fingerprint density at radius 1 is 0.691 bits per heavy atom. The van der Waals surface area contributed by atoms with Gasteiger partial charge in [0, 0.05) is 34.7 Å². The van der Waals surface area contributed by atoms with Gasteiger partial charge in [0.1, 0.15) is 17.3 Å². The van der Waals surface area contributed by atoms with Crippen LogP contribution in [0.1, 0.15) is 111 Å². The van der Waals surface area contributed by atoms with Crippen LogP contribution in [0, 0.1) is 11.3 Å². The lowest BCUT2D eigenvalue weighted by Crippen LogP contribution is -2.22. The van der Waals surface area contributed by atoms with Gasteiger partial charge in [0.05, 0.1) is 28.1 Å². The lowest BCUT2D eigenvalue weighted by atomic mass is 9.72. The van der Waals surface area contributed by atoms with Crippen molar-refractivity contribution in [3.63, 3.8) is 0 Å². The first-order chi connectivity index (χ1) is 26.3. The van der Waals surface area contributed by atoms with Crippen molar-refractivity contribution in [1.29, 1.82) is 0 Å². The van der Waals surface area contributed by atoms with Crippen molar-refractivity contribution in [2.75, 3.05) is 0 Å². The Morgan fingerprint density at radius 2 is 1.44 bits per heavy atom. The molecule has 284 valence electrons. The number of fused-ring (bicyclic) bond motifs is 3. The predicted octanol–water partition coefficient (Wildman–Crippen LogP) is 13.8. The van der Waals surface area contributed by atoms with Gasteiger partial charge >= 0.3 is 0 Å². The maximum absolute atomic E-state index is 6.74. The molecule has 0 spiro atoms. The second-order valence-corrected chi connectivity index (χ2v) is 17.5. The lowest BCUT2D eigenvalue weighted by molar-refractivity contribution is 0.228. The highest BCUT2D eigenvalue weighted by Crippen LogP contribution is 2.41. The van der Waals surface area contributed by atoms with Crippen LogP contribution in [0.25, 0.3) is 44.4 Å². The maximum Gasteiger partial charge on any atom is 0.137 e. The normalized spacial score (nSPS) is 13.4. The number of hydrogen-bond donors (Lipinski definition) is 0. The third kappa shape index (κ3) is 7.59. The summed E-state index contributed by atoms with van der Waals surface area (Å²) in [7, 11) is 0. The zero-order valence-electron chi connectivity index (χ0n) is 34.6. The Hall–Kier alpha value is -5.16. The van der Waals surface area contributed by atoms with Gasteiger partial charge in [0.2, 0.25) is 0 Å². The van der Waals surface area contributed by atoms with Crippen LogP contribution in [-0.4, -0.2) is 19.3 Å². The molecular weight excluding hydrogens is 673 g/mol. The second kappa shape index (κ2) is 15.2. The molecule has 5 nitrogen and oxygen atoms in total. The summed E-state index contributed by atoms with van der Waals surface area (Å²) in [4.78, 5) is 4.95. The van der Waals surface area contributed by atoms with Crippen molar-refractivity contribution in [1.82, 2.24) is 19.3 Å². The number of ether oxygens (including phenoxy) is 1. The molecule has 3 aromatic heterocycles. The molecule has 0 bridgehead atoms. The van der Waals surface area contributed by atoms with E-state index in [9.17, 15) is 0 Å². The van der Waals surface area contributed by atoms with Gasteiger partial charge in [-0.3, -0.25) is 4.57 Å². The van der Waals surface area contributed by atoms with Crippen LogP contribution in [-0.2, 0) is 18.3 Å². The third-order valence-corrected chi connectivity index (χ3v) is 11.6. The number of nitrogens with zero attached hydrogens (tertiary/aromatic N) is 4. The van der Waals surface area contributed by atoms with Crippen molar-refractivity contribution >= 4 is 21.8 Å². The minimum atomic E-state index is -0.00777. The van der Waals surface area contributed by atoms with E-state index in [1.165, 1.54) is 38.7 Å². The number of rotatable bonds is 11. The Kier molecular flexibility index (Phi) is 10.5. The van der Waals surface area contributed by atoms with E-state index in [0.717, 1.165) is 65.4 Å². The molecule has 0 amide bonds. The maximum atomic E-state index is 6.74. The highest BCUT2D eigenvalue weighted by atomic mass is 16.5. The van der Waals surface area contributed by atoms with Crippen LogP contribution in [0.3, 0.4) is 0 Å². The van der Waals surface area contributed by atoms with E-state index in [1.807, 2.05) is 12.3 Å². The third-order valence-electron chi connectivity index (χ3n) is 11.6. The molecule has 0 aliphatic rings. The molecule has 4 aromatic carbocycles. The Balaban J connectivity index is 1.33. The molecule has 0 aliphatic heterocycles. The molecule has 55 heavy (non-hydrogen) atoms. The van der Waals surface area contributed by atoms with E-state index < -0.39 is 0 Å². The smallest absolute Gasteiger partial charge is 0.137 e. The molecule has 3 heterocycles. The first-order valence-electron chi connectivity index (χ1n) is 20.3.